The van der Waals surface area contributed by atoms with Crippen molar-refractivity contribution >= 4 is 28.4 Å². The number of hydrogen-bond acceptors (Lipinski definition) is 4. The van der Waals surface area contributed by atoms with E-state index in [0.717, 1.165) is 60.6 Å². The molecule has 4 nitrogen and oxygen atoms in total. The zero-order valence-electron chi connectivity index (χ0n) is 19.3. The minimum Gasteiger partial charge on any atom is -0.366 e. The van der Waals surface area contributed by atoms with E-state index in [-0.39, 0.29) is 11.6 Å². The highest BCUT2D eigenvalue weighted by Crippen LogP contribution is 2.49. The first-order chi connectivity index (χ1) is 15.3. The van der Waals surface area contributed by atoms with E-state index in [4.69, 9.17) is 0 Å². The van der Waals surface area contributed by atoms with Crippen LogP contribution in [0.25, 0.3) is 5.57 Å². The maximum atomic E-state index is 15.5. The lowest BCUT2D eigenvalue weighted by molar-refractivity contribution is -0.113. The smallest absolute Gasteiger partial charge is 0.161 e. The van der Waals surface area contributed by atoms with Gasteiger partial charge in [0.25, 0.3) is 0 Å². The molecule has 2 aromatic rings. The predicted octanol–water partition coefficient (Wildman–Crippen LogP) is 5.41. The SMILES string of the molecule is CC(=O)C1=CN(c2ccc(C)cc2C)c2cc(N3CCNC(C)C3)c(F)cc2C1=C1CC1. The molecule has 166 valence electrons. The number of benzene rings is 2. The Balaban J connectivity index is 1.72. The maximum absolute atomic E-state index is 15.5. The third-order valence-electron chi connectivity index (χ3n) is 6.68. The number of rotatable bonds is 3. The molecule has 2 fully saturated rings. The summed E-state index contributed by atoms with van der Waals surface area (Å²) in [6, 6.07) is 10.3. The van der Waals surface area contributed by atoms with Gasteiger partial charge in [-0.2, -0.15) is 0 Å². The summed E-state index contributed by atoms with van der Waals surface area (Å²) in [5.74, 6) is -0.206. The Morgan fingerprint density at radius 1 is 1.09 bits per heavy atom. The molecule has 1 saturated heterocycles. The summed E-state index contributed by atoms with van der Waals surface area (Å²) in [6.07, 6.45) is 3.91. The van der Waals surface area contributed by atoms with Gasteiger partial charge in [0.15, 0.2) is 5.78 Å². The first-order valence-electron chi connectivity index (χ1n) is 11.5. The van der Waals surface area contributed by atoms with Crippen molar-refractivity contribution in [2.75, 3.05) is 29.4 Å². The third kappa shape index (κ3) is 3.65. The second-order valence-corrected chi connectivity index (χ2v) is 9.36. The molecular formula is C27H30FN3O. The van der Waals surface area contributed by atoms with E-state index in [0.29, 0.717) is 17.3 Å². The van der Waals surface area contributed by atoms with Crippen LogP contribution in [0.1, 0.15) is 43.4 Å². The molecule has 2 aliphatic heterocycles. The monoisotopic (exact) mass is 431 g/mol. The molecule has 0 radical (unpaired) electrons. The average molecular weight is 432 g/mol. The highest BCUT2D eigenvalue weighted by Gasteiger charge is 2.33. The quantitative estimate of drug-likeness (QED) is 0.705. The van der Waals surface area contributed by atoms with Gasteiger partial charge < -0.3 is 15.1 Å². The summed E-state index contributed by atoms with van der Waals surface area (Å²) in [6.45, 7) is 10.3. The van der Waals surface area contributed by atoms with E-state index in [9.17, 15) is 4.79 Å². The van der Waals surface area contributed by atoms with Crippen LogP contribution >= 0.6 is 0 Å². The molecule has 1 atom stereocenters. The summed E-state index contributed by atoms with van der Waals surface area (Å²) in [5.41, 5.74) is 8.59. The lowest BCUT2D eigenvalue weighted by Crippen LogP contribution is -2.49. The van der Waals surface area contributed by atoms with Crippen LogP contribution in [-0.4, -0.2) is 31.5 Å². The van der Waals surface area contributed by atoms with E-state index >= 15 is 4.39 Å². The van der Waals surface area contributed by atoms with Crippen molar-refractivity contribution in [3.05, 3.63) is 70.2 Å². The minimum atomic E-state index is -0.220. The van der Waals surface area contributed by atoms with E-state index in [1.54, 1.807) is 13.0 Å². The van der Waals surface area contributed by atoms with Crippen molar-refractivity contribution in [3.8, 4) is 0 Å². The van der Waals surface area contributed by atoms with Gasteiger partial charge in [-0.3, -0.25) is 4.79 Å². The lowest BCUT2D eigenvalue weighted by Gasteiger charge is -2.36. The van der Waals surface area contributed by atoms with Crippen LogP contribution in [0.15, 0.2) is 47.7 Å². The molecule has 5 rings (SSSR count). The molecule has 3 aliphatic rings. The van der Waals surface area contributed by atoms with Crippen molar-refractivity contribution in [1.82, 2.24) is 5.32 Å². The molecule has 1 unspecified atom stereocenters. The van der Waals surface area contributed by atoms with E-state index < -0.39 is 0 Å². The molecule has 1 N–H and O–H groups in total. The van der Waals surface area contributed by atoms with Gasteiger partial charge in [-0.25, -0.2) is 4.39 Å². The Morgan fingerprint density at radius 3 is 2.53 bits per heavy atom. The molecule has 0 aromatic heterocycles. The van der Waals surface area contributed by atoms with Crippen molar-refractivity contribution < 1.29 is 9.18 Å². The zero-order chi connectivity index (χ0) is 22.6. The molecular weight excluding hydrogens is 401 g/mol. The van der Waals surface area contributed by atoms with Gasteiger partial charge in [0.05, 0.1) is 11.4 Å². The molecule has 2 aromatic carbocycles. The van der Waals surface area contributed by atoms with Crippen LogP contribution in [0, 0.1) is 19.7 Å². The van der Waals surface area contributed by atoms with Crippen LogP contribution in [0.2, 0.25) is 0 Å². The fraction of sp³-hybridized carbons (Fsp3) is 0.370. The summed E-state index contributed by atoms with van der Waals surface area (Å²) >= 11 is 0. The second-order valence-electron chi connectivity index (χ2n) is 9.36. The van der Waals surface area contributed by atoms with Crippen LogP contribution < -0.4 is 15.1 Å². The molecule has 5 heteroatoms. The Labute approximate surface area is 189 Å². The summed E-state index contributed by atoms with van der Waals surface area (Å²) < 4.78 is 15.5. The first-order valence-corrected chi connectivity index (χ1v) is 11.5. The third-order valence-corrected chi connectivity index (χ3v) is 6.68. The van der Waals surface area contributed by atoms with E-state index in [2.05, 4.69) is 54.1 Å². The van der Waals surface area contributed by atoms with Crippen LogP contribution in [0.5, 0.6) is 0 Å². The Hall–Kier alpha value is -2.92. The molecule has 1 saturated carbocycles. The highest BCUT2D eigenvalue weighted by atomic mass is 19.1. The van der Waals surface area contributed by atoms with Crippen molar-refractivity contribution in [3.63, 3.8) is 0 Å². The first kappa shape index (κ1) is 21.0. The number of carbonyl (C=O) groups is 1. The van der Waals surface area contributed by atoms with Crippen molar-refractivity contribution in [1.29, 1.82) is 0 Å². The predicted molar refractivity (Wildman–Crippen MR) is 129 cm³/mol. The second kappa shape index (κ2) is 7.89. The number of piperazine rings is 1. The van der Waals surface area contributed by atoms with Gasteiger partial charge in [0.2, 0.25) is 0 Å². The average Bonchev–Trinajstić information content (AvgIpc) is 3.57. The molecule has 0 bridgehead atoms. The number of hydrogen-bond donors (Lipinski definition) is 1. The van der Waals surface area contributed by atoms with Gasteiger partial charge in [-0.15, -0.1) is 0 Å². The Morgan fingerprint density at radius 2 is 1.88 bits per heavy atom. The Bertz CT molecular complexity index is 1170. The summed E-state index contributed by atoms with van der Waals surface area (Å²) in [5, 5.41) is 3.43. The molecule has 0 amide bonds. The number of carbonyl (C=O) groups excluding carboxylic acids is 1. The van der Waals surface area contributed by atoms with Crippen LogP contribution in [0.3, 0.4) is 0 Å². The number of nitrogens with one attached hydrogen (secondary N) is 1. The lowest BCUT2D eigenvalue weighted by atomic mass is 9.89. The molecule has 2 heterocycles. The van der Waals surface area contributed by atoms with Crippen molar-refractivity contribution in [2.24, 2.45) is 0 Å². The number of nitrogens with zero attached hydrogens (tertiary/aromatic N) is 2. The van der Waals surface area contributed by atoms with E-state index in [1.807, 2.05) is 12.3 Å². The highest BCUT2D eigenvalue weighted by molar-refractivity contribution is 6.14. The molecule has 0 spiro atoms. The van der Waals surface area contributed by atoms with Gasteiger partial charge in [0.1, 0.15) is 5.82 Å². The standard InChI is InChI=1S/C27H30FN3O/c1-16-5-8-24(17(2)11-16)31-15-22(19(4)32)27(20-6-7-20)21-12-23(28)26(13-25(21)31)30-10-9-29-18(3)14-30/h5,8,11-13,15,18,29H,6-7,9-10,14H2,1-4H3. The topological polar surface area (TPSA) is 35.6 Å². The largest absolute Gasteiger partial charge is 0.366 e. The number of halogens is 1. The number of ketones is 1. The normalized spacial score (nSPS) is 20.3. The van der Waals surface area contributed by atoms with Gasteiger partial charge in [-0.1, -0.05) is 23.3 Å². The van der Waals surface area contributed by atoms with Gasteiger partial charge >= 0.3 is 0 Å². The number of allylic oxidation sites excluding steroid dienone is 3. The van der Waals surface area contributed by atoms with Gasteiger partial charge in [0, 0.05) is 48.7 Å². The Kier molecular flexibility index (Phi) is 5.17. The number of fused-ring (bicyclic) bond motifs is 1. The van der Waals surface area contributed by atoms with E-state index in [1.165, 1.54) is 11.1 Å². The van der Waals surface area contributed by atoms with Crippen molar-refractivity contribution in [2.45, 2.75) is 46.6 Å². The minimum absolute atomic E-state index is 0.0141. The molecule has 1 aliphatic carbocycles. The fourth-order valence-electron chi connectivity index (χ4n) is 4.99. The summed E-state index contributed by atoms with van der Waals surface area (Å²) in [4.78, 5) is 16.9. The maximum Gasteiger partial charge on any atom is 0.161 e. The number of anilines is 3. The zero-order valence-corrected chi connectivity index (χ0v) is 19.3. The fourth-order valence-corrected chi connectivity index (χ4v) is 4.99. The van der Waals surface area contributed by atoms with Crippen LogP contribution in [0.4, 0.5) is 21.5 Å². The number of aryl methyl sites for hydroxylation is 2. The number of Topliss-reactive ketones (excluding diaryl/α,β-unsaturated/α-hetero) is 1. The van der Waals surface area contributed by atoms with Gasteiger partial charge in [-0.05, 0) is 69.9 Å². The summed E-state index contributed by atoms with van der Waals surface area (Å²) in [7, 11) is 0. The molecule has 32 heavy (non-hydrogen) atoms. The van der Waals surface area contributed by atoms with Crippen LogP contribution in [-0.2, 0) is 4.79 Å².